The van der Waals surface area contributed by atoms with E-state index in [0.717, 1.165) is 90.0 Å². The predicted octanol–water partition coefficient (Wildman–Crippen LogP) is 5.53. The molecule has 13 heteroatoms. The summed E-state index contributed by atoms with van der Waals surface area (Å²) in [4.78, 5) is 80.1. The van der Waals surface area contributed by atoms with Crippen LogP contribution in [-0.4, -0.2) is 107 Å². The number of rotatable bonds is 8. The number of benzene rings is 3. The summed E-state index contributed by atoms with van der Waals surface area (Å²) in [5, 5.41) is 6.56. The molecule has 304 valence electrons. The molecule has 4 aromatic rings. The Kier molecular flexibility index (Phi) is 9.78. The van der Waals surface area contributed by atoms with Crippen LogP contribution < -0.4 is 15.5 Å². The highest BCUT2D eigenvalue weighted by Gasteiger charge is 2.42. The van der Waals surface area contributed by atoms with Crippen molar-refractivity contribution in [1.29, 1.82) is 0 Å². The Bertz CT molecular complexity index is 2460. The molecule has 1 aromatic heterocycles. The monoisotopic (exact) mass is 794 g/mol. The second kappa shape index (κ2) is 15.0. The van der Waals surface area contributed by atoms with Crippen molar-refractivity contribution in [2.45, 2.75) is 83.3 Å². The van der Waals surface area contributed by atoms with Gasteiger partial charge in [-0.25, -0.2) is 4.85 Å². The number of amides is 4. The molecule has 3 N–H and O–H groups in total. The Morgan fingerprint density at radius 1 is 0.932 bits per heavy atom. The van der Waals surface area contributed by atoms with Crippen molar-refractivity contribution in [2.75, 3.05) is 56.0 Å². The van der Waals surface area contributed by atoms with Crippen molar-refractivity contribution in [3.05, 3.63) is 99.0 Å². The molecular weight excluding hydrogens is 745 g/mol. The van der Waals surface area contributed by atoms with Crippen LogP contribution >= 0.6 is 0 Å². The Labute approximate surface area is 343 Å². The van der Waals surface area contributed by atoms with Gasteiger partial charge in [0.25, 0.3) is 5.91 Å². The number of hydrogen-bond acceptors (Lipinski definition) is 8. The van der Waals surface area contributed by atoms with E-state index >= 15 is 0 Å². The van der Waals surface area contributed by atoms with Crippen LogP contribution in [0.25, 0.3) is 15.7 Å². The SMILES string of the molecule is [C-]#[N+]c1ccc2c3c([nH]c2c1)C(C)(C)c1cc(N2CCC(N4CCN(C(=O)CCNc5ccc6c(c5)CN(C5CCC(=O)NC5=O)C6=O)CC4)CC2)c(CC)cc1C3=O. The summed E-state index contributed by atoms with van der Waals surface area (Å²) in [6, 6.07) is 15.3. The second-order valence-electron chi connectivity index (χ2n) is 17.1. The molecule has 1 unspecified atom stereocenters. The molecule has 4 amide bonds. The van der Waals surface area contributed by atoms with Crippen LogP contribution in [0.3, 0.4) is 0 Å². The lowest BCUT2D eigenvalue weighted by Crippen LogP contribution is -2.54. The topological polar surface area (TPSA) is 143 Å². The number of hydrogen-bond donors (Lipinski definition) is 3. The van der Waals surface area contributed by atoms with E-state index in [9.17, 15) is 24.0 Å². The van der Waals surface area contributed by atoms with Gasteiger partial charge >= 0.3 is 0 Å². The Hall–Kier alpha value is -6.00. The number of aromatic nitrogens is 1. The fourth-order valence-electron chi connectivity index (χ4n) is 10.1. The largest absolute Gasteiger partial charge is 0.385 e. The van der Waals surface area contributed by atoms with Crippen LogP contribution in [0.1, 0.15) is 102 Å². The predicted molar refractivity (Wildman–Crippen MR) is 225 cm³/mol. The maximum Gasteiger partial charge on any atom is 0.255 e. The first-order chi connectivity index (χ1) is 28.4. The highest BCUT2D eigenvalue weighted by molar-refractivity contribution is 6.20. The van der Waals surface area contributed by atoms with Gasteiger partial charge in [-0.3, -0.25) is 34.2 Å². The minimum absolute atomic E-state index is 0.0457. The number of carbonyl (C=O) groups is 5. The van der Waals surface area contributed by atoms with E-state index in [1.54, 1.807) is 17.0 Å². The zero-order valence-corrected chi connectivity index (χ0v) is 34.0. The molecule has 1 aliphatic carbocycles. The van der Waals surface area contributed by atoms with Gasteiger partial charge in [0, 0.05) is 116 Å². The summed E-state index contributed by atoms with van der Waals surface area (Å²) in [5.74, 6) is -0.759. The zero-order chi connectivity index (χ0) is 41.2. The molecule has 3 saturated heterocycles. The van der Waals surface area contributed by atoms with Crippen molar-refractivity contribution < 1.29 is 24.0 Å². The molecule has 0 radical (unpaired) electrons. The van der Waals surface area contributed by atoms with Crippen molar-refractivity contribution in [3.63, 3.8) is 0 Å². The molecular formula is C46H50N8O5. The van der Waals surface area contributed by atoms with E-state index in [2.05, 4.69) is 63.2 Å². The summed E-state index contributed by atoms with van der Waals surface area (Å²) in [7, 11) is 0. The maximum atomic E-state index is 14.1. The van der Waals surface area contributed by atoms with Crippen LogP contribution in [-0.2, 0) is 32.8 Å². The number of aromatic amines is 1. The molecule has 0 bridgehead atoms. The first-order valence-corrected chi connectivity index (χ1v) is 21.0. The molecule has 3 fully saturated rings. The van der Waals surface area contributed by atoms with Crippen molar-refractivity contribution in [1.82, 2.24) is 25.0 Å². The number of aryl methyl sites for hydroxylation is 1. The molecule has 0 saturated carbocycles. The second-order valence-corrected chi connectivity index (χ2v) is 17.1. The number of piperazine rings is 1. The van der Waals surface area contributed by atoms with E-state index in [0.29, 0.717) is 56.3 Å². The molecule has 4 aliphatic heterocycles. The highest BCUT2D eigenvalue weighted by atomic mass is 16.2. The maximum absolute atomic E-state index is 14.1. The van der Waals surface area contributed by atoms with Gasteiger partial charge in [0.05, 0.1) is 12.1 Å². The first-order valence-electron chi connectivity index (χ1n) is 21.0. The lowest BCUT2D eigenvalue weighted by Gasteiger charge is -2.44. The van der Waals surface area contributed by atoms with E-state index in [1.165, 1.54) is 11.3 Å². The van der Waals surface area contributed by atoms with Crippen LogP contribution in [0.2, 0.25) is 0 Å². The molecule has 13 nitrogen and oxygen atoms in total. The van der Waals surface area contributed by atoms with Crippen molar-refractivity contribution >= 4 is 57.4 Å². The number of fused-ring (bicyclic) bond motifs is 5. The normalized spacial score (nSPS) is 20.6. The van der Waals surface area contributed by atoms with Crippen molar-refractivity contribution in [3.8, 4) is 0 Å². The minimum Gasteiger partial charge on any atom is -0.385 e. The third-order valence-electron chi connectivity index (χ3n) is 13.5. The number of piperidine rings is 2. The van der Waals surface area contributed by atoms with Crippen LogP contribution in [0, 0.1) is 6.57 Å². The third kappa shape index (κ3) is 6.73. The Morgan fingerprint density at radius 2 is 1.71 bits per heavy atom. The van der Waals surface area contributed by atoms with Gasteiger partial charge in [-0.2, -0.15) is 0 Å². The first kappa shape index (κ1) is 38.5. The highest BCUT2D eigenvalue weighted by Crippen LogP contribution is 2.46. The summed E-state index contributed by atoms with van der Waals surface area (Å²) < 4.78 is 0. The number of imide groups is 1. The van der Waals surface area contributed by atoms with Gasteiger partial charge in [0.2, 0.25) is 17.7 Å². The summed E-state index contributed by atoms with van der Waals surface area (Å²) in [6.45, 7) is 19.8. The van der Waals surface area contributed by atoms with Crippen molar-refractivity contribution in [2.24, 2.45) is 0 Å². The van der Waals surface area contributed by atoms with Gasteiger partial charge in [0.15, 0.2) is 11.5 Å². The average molecular weight is 795 g/mol. The van der Waals surface area contributed by atoms with Crippen LogP contribution in [0.15, 0.2) is 48.5 Å². The van der Waals surface area contributed by atoms with E-state index in [1.807, 2.05) is 29.2 Å². The molecule has 59 heavy (non-hydrogen) atoms. The Morgan fingerprint density at radius 3 is 2.44 bits per heavy atom. The van der Waals surface area contributed by atoms with Crippen LogP contribution in [0.4, 0.5) is 17.1 Å². The lowest BCUT2D eigenvalue weighted by atomic mass is 9.70. The van der Waals surface area contributed by atoms with E-state index < -0.39 is 17.4 Å². The molecule has 5 heterocycles. The number of H-pyrrole nitrogens is 1. The van der Waals surface area contributed by atoms with E-state index in [-0.39, 0.29) is 29.9 Å². The fourth-order valence-corrected chi connectivity index (χ4v) is 10.1. The fraction of sp³-hybridized carbons (Fsp3) is 0.435. The van der Waals surface area contributed by atoms with Gasteiger partial charge in [-0.1, -0.05) is 32.9 Å². The molecule has 1 atom stereocenters. The summed E-state index contributed by atoms with van der Waals surface area (Å²) in [5.41, 5.74) is 9.03. The number of nitrogens with zero attached hydrogens (tertiary/aromatic N) is 5. The molecule has 3 aromatic carbocycles. The number of ketones is 1. The Balaban J connectivity index is 0.773. The smallest absolute Gasteiger partial charge is 0.255 e. The molecule has 5 aliphatic rings. The van der Waals surface area contributed by atoms with Crippen LogP contribution in [0.5, 0.6) is 0 Å². The molecule has 9 rings (SSSR count). The number of anilines is 2. The third-order valence-corrected chi connectivity index (χ3v) is 13.5. The minimum atomic E-state index is -0.648. The number of carbonyl (C=O) groups excluding carboxylic acids is 5. The van der Waals surface area contributed by atoms with Gasteiger partial charge in [-0.05, 0) is 78.8 Å². The summed E-state index contributed by atoms with van der Waals surface area (Å²) >= 11 is 0. The zero-order valence-electron chi connectivity index (χ0n) is 34.0. The molecule has 0 spiro atoms. The standard InChI is InChI=1S/C46H50N8O5/c1-5-27-23-34-35(46(2,3)43-41(42(34)57)33-9-6-29(47-4)24-36(33)49-43)25-38(27)52-16-13-31(14-17-52)51-18-20-53(21-19-51)40(56)12-15-48-30-7-8-32-28(22-30)26-54(45(32)59)37-10-11-39(55)50-44(37)58/h6-9,22-25,31,37,48-49H,5,10-21,26H2,1-3H3,(H,50,55,58). The van der Waals surface area contributed by atoms with E-state index in [4.69, 9.17) is 6.57 Å². The number of nitrogens with one attached hydrogen (secondary N) is 3. The lowest BCUT2D eigenvalue weighted by molar-refractivity contribution is -0.137. The quantitative estimate of drug-likeness (QED) is 0.156. The summed E-state index contributed by atoms with van der Waals surface area (Å²) in [6.07, 6.45) is 3.81. The van der Waals surface area contributed by atoms with Gasteiger partial charge in [0.1, 0.15) is 6.04 Å². The average Bonchev–Trinajstić information content (AvgIpc) is 3.80. The van der Waals surface area contributed by atoms with Gasteiger partial charge in [-0.15, -0.1) is 0 Å². The van der Waals surface area contributed by atoms with Gasteiger partial charge < -0.3 is 25.0 Å².